The number of aliphatic hydroxyl groups is 2. The summed E-state index contributed by atoms with van der Waals surface area (Å²) in [4.78, 5) is 23.1. The maximum atomic E-state index is 11.6. The van der Waals surface area contributed by atoms with E-state index >= 15 is 0 Å². The molecule has 0 aromatic heterocycles. The Balaban J connectivity index is 3.57. The SMILES string of the molecule is C=C(CCCCO)C(=O)OCCOCCOC(=O)C(=C)CCCCO. The van der Waals surface area contributed by atoms with E-state index in [4.69, 9.17) is 24.4 Å². The lowest BCUT2D eigenvalue weighted by atomic mass is 10.1. The van der Waals surface area contributed by atoms with Gasteiger partial charge in [0, 0.05) is 24.4 Å². The summed E-state index contributed by atoms with van der Waals surface area (Å²) in [6.45, 7) is 8.06. The molecule has 0 saturated carbocycles. The number of carbonyl (C=O) groups is 2. The van der Waals surface area contributed by atoms with E-state index in [0.29, 0.717) is 49.7 Å². The summed E-state index contributed by atoms with van der Waals surface area (Å²) in [7, 11) is 0. The zero-order valence-corrected chi connectivity index (χ0v) is 14.8. The first kappa shape index (κ1) is 23.3. The lowest BCUT2D eigenvalue weighted by Gasteiger charge is -2.09. The number of hydrogen-bond acceptors (Lipinski definition) is 7. The van der Waals surface area contributed by atoms with Gasteiger partial charge in [-0.05, 0) is 38.5 Å². The predicted octanol–water partition coefficient (Wildman–Crippen LogP) is 1.53. The zero-order chi connectivity index (χ0) is 18.9. The Hall–Kier alpha value is -1.70. The first-order valence-electron chi connectivity index (χ1n) is 8.52. The van der Waals surface area contributed by atoms with Crippen molar-refractivity contribution in [2.24, 2.45) is 0 Å². The van der Waals surface area contributed by atoms with Crippen LogP contribution < -0.4 is 0 Å². The Kier molecular flexibility index (Phi) is 14.7. The number of hydrogen-bond donors (Lipinski definition) is 2. The molecular weight excluding hydrogens is 328 g/mol. The van der Waals surface area contributed by atoms with Crippen LogP contribution in [0.4, 0.5) is 0 Å². The van der Waals surface area contributed by atoms with Gasteiger partial charge >= 0.3 is 11.9 Å². The average Bonchev–Trinajstić information content (AvgIpc) is 2.60. The van der Waals surface area contributed by atoms with Crippen LogP contribution in [0.5, 0.6) is 0 Å². The molecule has 0 rings (SSSR count). The van der Waals surface area contributed by atoms with E-state index < -0.39 is 11.9 Å². The highest BCUT2D eigenvalue weighted by atomic mass is 16.6. The number of ether oxygens (including phenoxy) is 3. The Morgan fingerprint density at radius 2 is 1.08 bits per heavy atom. The van der Waals surface area contributed by atoms with Crippen LogP contribution in [0.3, 0.4) is 0 Å². The van der Waals surface area contributed by atoms with E-state index in [9.17, 15) is 9.59 Å². The minimum absolute atomic E-state index is 0.0940. The van der Waals surface area contributed by atoms with Crippen LogP contribution in [0.2, 0.25) is 0 Å². The van der Waals surface area contributed by atoms with Crippen molar-refractivity contribution in [2.45, 2.75) is 38.5 Å². The molecular formula is C18H30O7. The monoisotopic (exact) mass is 358 g/mol. The fourth-order valence-corrected chi connectivity index (χ4v) is 1.80. The number of aliphatic hydroxyl groups excluding tert-OH is 2. The van der Waals surface area contributed by atoms with Gasteiger partial charge in [-0.2, -0.15) is 0 Å². The molecule has 0 aromatic rings. The summed E-state index contributed by atoms with van der Waals surface area (Å²) < 4.78 is 15.2. The highest BCUT2D eigenvalue weighted by molar-refractivity contribution is 5.88. The first-order chi connectivity index (χ1) is 12.0. The largest absolute Gasteiger partial charge is 0.460 e. The van der Waals surface area contributed by atoms with Crippen LogP contribution in [0.25, 0.3) is 0 Å². The average molecular weight is 358 g/mol. The molecule has 0 amide bonds. The third kappa shape index (κ3) is 13.3. The van der Waals surface area contributed by atoms with E-state index in [0.717, 1.165) is 0 Å². The summed E-state index contributed by atoms with van der Waals surface area (Å²) in [5, 5.41) is 17.3. The molecule has 0 atom stereocenters. The molecule has 0 bridgehead atoms. The lowest BCUT2D eigenvalue weighted by molar-refractivity contribution is -0.142. The Bertz CT molecular complexity index is 380. The van der Waals surface area contributed by atoms with Crippen LogP contribution in [0.15, 0.2) is 24.3 Å². The van der Waals surface area contributed by atoms with Gasteiger partial charge in [0.25, 0.3) is 0 Å². The molecule has 2 N–H and O–H groups in total. The highest BCUT2D eigenvalue weighted by Crippen LogP contribution is 2.07. The molecule has 0 spiro atoms. The third-order valence-corrected chi connectivity index (χ3v) is 3.27. The molecule has 144 valence electrons. The van der Waals surface area contributed by atoms with Gasteiger partial charge in [0.15, 0.2) is 0 Å². The van der Waals surface area contributed by atoms with Crippen LogP contribution in [-0.4, -0.2) is 61.8 Å². The predicted molar refractivity (Wildman–Crippen MR) is 92.9 cm³/mol. The topological polar surface area (TPSA) is 102 Å². The summed E-state index contributed by atoms with van der Waals surface area (Å²) in [6.07, 6.45) is 3.63. The van der Waals surface area contributed by atoms with Crippen LogP contribution in [0, 0.1) is 0 Å². The number of carbonyl (C=O) groups excluding carboxylic acids is 2. The molecule has 0 heterocycles. The maximum Gasteiger partial charge on any atom is 0.333 e. The Labute approximate surface area is 149 Å². The fourth-order valence-electron chi connectivity index (χ4n) is 1.80. The molecule has 0 saturated heterocycles. The van der Waals surface area contributed by atoms with Crippen LogP contribution in [0.1, 0.15) is 38.5 Å². The summed E-state index contributed by atoms with van der Waals surface area (Å²) in [5.74, 6) is -0.931. The molecule has 25 heavy (non-hydrogen) atoms. The van der Waals surface area contributed by atoms with Gasteiger partial charge in [0.05, 0.1) is 13.2 Å². The first-order valence-corrected chi connectivity index (χ1v) is 8.52. The Morgan fingerprint density at radius 1 is 0.680 bits per heavy atom. The highest BCUT2D eigenvalue weighted by Gasteiger charge is 2.09. The van der Waals surface area contributed by atoms with Crippen molar-refractivity contribution in [3.05, 3.63) is 24.3 Å². The fraction of sp³-hybridized carbons (Fsp3) is 0.667. The Morgan fingerprint density at radius 3 is 1.44 bits per heavy atom. The van der Waals surface area contributed by atoms with Gasteiger partial charge in [-0.1, -0.05) is 13.2 Å². The standard InChI is InChI=1S/C18H30O7/c1-15(7-3-5-9-19)17(21)24-13-11-23-12-14-25-18(22)16(2)8-4-6-10-20/h19-20H,1-14H2. The number of esters is 2. The minimum Gasteiger partial charge on any atom is -0.460 e. The molecule has 0 radical (unpaired) electrons. The zero-order valence-electron chi connectivity index (χ0n) is 14.8. The number of unbranched alkanes of at least 4 members (excludes halogenated alkanes) is 2. The third-order valence-electron chi connectivity index (χ3n) is 3.27. The smallest absolute Gasteiger partial charge is 0.333 e. The number of rotatable bonds is 16. The van der Waals surface area contributed by atoms with Crippen molar-refractivity contribution in [1.29, 1.82) is 0 Å². The summed E-state index contributed by atoms with van der Waals surface area (Å²) in [5.41, 5.74) is 0.754. The van der Waals surface area contributed by atoms with Crippen molar-refractivity contribution < 1.29 is 34.0 Å². The van der Waals surface area contributed by atoms with E-state index in [1.807, 2.05) is 0 Å². The van der Waals surface area contributed by atoms with Gasteiger partial charge in [-0.15, -0.1) is 0 Å². The quantitative estimate of drug-likeness (QED) is 0.245. The lowest BCUT2D eigenvalue weighted by Crippen LogP contribution is -2.16. The van der Waals surface area contributed by atoms with Crippen molar-refractivity contribution in [3.63, 3.8) is 0 Å². The molecule has 0 aliphatic rings. The van der Waals surface area contributed by atoms with Crippen molar-refractivity contribution in [1.82, 2.24) is 0 Å². The second kappa shape index (κ2) is 15.8. The van der Waals surface area contributed by atoms with Gasteiger partial charge < -0.3 is 24.4 Å². The van der Waals surface area contributed by atoms with Gasteiger partial charge in [-0.25, -0.2) is 9.59 Å². The van der Waals surface area contributed by atoms with E-state index in [1.54, 1.807) is 0 Å². The van der Waals surface area contributed by atoms with E-state index in [2.05, 4.69) is 13.2 Å². The van der Waals surface area contributed by atoms with Crippen molar-refractivity contribution >= 4 is 11.9 Å². The normalized spacial score (nSPS) is 10.3. The molecule has 7 nitrogen and oxygen atoms in total. The van der Waals surface area contributed by atoms with Crippen molar-refractivity contribution in [3.8, 4) is 0 Å². The summed E-state index contributed by atoms with van der Waals surface area (Å²) >= 11 is 0. The van der Waals surface area contributed by atoms with Crippen LogP contribution in [-0.2, 0) is 23.8 Å². The second-order valence-electron chi connectivity index (χ2n) is 5.45. The van der Waals surface area contributed by atoms with Gasteiger partial charge in [0.1, 0.15) is 13.2 Å². The molecule has 0 fully saturated rings. The van der Waals surface area contributed by atoms with Crippen LogP contribution >= 0.6 is 0 Å². The van der Waals surface area contributed by atoms with Gasteiger partial charge in [0.2, 0.25) is 0 Å². The van der Waals surface area contributed by atoms with E-state index in [-0.39, 0.29) is 39.6 Å². The minimum atomic E-state index is -0.466. The van der Waals surface area contributed by atoms with E-state index in [1.165, 1.54) is 0 Å². The second-order valence-corrected chi connectivity index (χ2v) is 5.45. The molecule has 0 aromatic carbocycles. The molecule has 0 aliphatic heterocycles. The molecule has 7 heteroatoms. The maximum absolute atomic E-state index is 11.6. The van der Waals surface area contributed by atoms with Gasteiger partial charge in [-0.3, -0.25) is 0 Å². The molecule has 0 aliphatic carbocycles. The summed E-state index contributed by atoms with van der Waals surface area (Å²) in [6, 6.07) is 0. The van der Waals surface area contributed by atoms with Crippen molar-refractivity contribution in [2.75, 3.05) is 39.6 Å². The molecule has 0 unspecified atom stereocenters.